The SMILES string of the molecule is CC(C)c1c[nH]c2ccccc12.[HH]. The first kappa shape index (κ1) is 7.41. The molecule has 64 valence electrons. The van der Waals surface area contributed by atoms with Crippen molar-refractivity contribution in [3.63, 3.8) is 0 Å². The van der Waals surface area contributed by atoms with Crippen molar-refractivity contribution in [1.29, 1.82) is 0 Å². The van der Waals surface area contributed by atoms with Crippen molar-refractivity contribution in [1.82, 2.24) is 4.98 Å². The summed E-state index contributed by atoms with van der Waals surface area (Å²) in [6.45, 7) is 4.44. The minimum absolute atomic E-state index is 0. The Morgan fingerprint density at radius 2 is 2.00 bits per heavy atom. The van der Waals surface area contributed by atoms with E-state index in [0.29, 0.717) is 5.92 Å². The number of para-hydroxylation sites is 1. The van der Waals surface area contributed by atoms with Crippen LogP contribution in [0.2, 0.25) is 0 Å². The van der Waals surface area contributed by atoms with Gasteiger partial charge in [0, 0.05) is 18.5 Å². The molecule has 0 bridgehead atoms. The van der Waals surface area contributed by atoms with Crippen LogP contribution < -0.4 is 0 Å². The number of hydrogen-bond donors (Lipinski definition) is 1. The summed E-state index contributed by atoms with van der Waals surface area (Å²) in [4.78, 5) is 3.27. The van der Waals surface area contributed by atoms with E-state index in [1.807, 2.05) is 0 Å². The van der Waals surface area contributed by atoms with Gasteiger partial charge < -0.3 is 4.98 Å². The molecule has 0 radical (unpaired) electrons. The zero-order valence-electron chi connectivity index (χ0n) is 7.46. The van der Waals surface area contributed by atoms with E-state index >= 15 is 0 Å². The van der Waals surface area contributed by atoms with Gasteiger partial charge in [-0.25, -0.2) is 0 Å². The van der Waals surface area contributed by atoms with Crippen molar-refractivity contribution in [2.45, 2.75) is 19.8 Å². The number of hydrogen-bond acceptors (Lipinski definition) is 0. The summed E-state index contributed by atoms with van der Waals surface area (Å²) in [6, 6.07) is 8.42. The molecule has 0 aliphatic carbocycles. The molecule has 0 aliphatic rings. The monoisotopic (exact) mass is 161 g/mol. The fourth-order valence-electron chi connectivity index (χ4n) is 1.57. The quantitative estimate of drug-likeness (QED) is 0.658. The highest BCUT2D eigenvalue weighted by Gasteiger charge is 2.04. The molecule has 1 N–H and O–H groups in total. The number of aromatic amines is 1. The Kier molecular flexibility index (Phi) is 1.65. The third-order valence-electron chi connectivity index (χ3n) is 2.24. The molecule has 0 aliphatic heterocycles. The van der Waals surface area contributed by atoms with Gasteiger partial charge in [0.2, 0.25) is 0 Å². The van der Waals surface area contributed by atoms with Gasteiger partial charge >= 0.3 is 0 Å². The normalized spacial score (nSPS) is 11.2. The standard InChI is InChI=1S/C11H13N.H2/c1-8(2)10-7-12-11-6-4-3-5-9(10)11;/h3-8,12H,1-2H3;1H. The number of fused-ring (bicyclic) bond motifs is 1. The molecule has 1 aromatic carbocycles. The average Bonchev–Trinajstić information content (AvgIpc) is 2.47. The Bertz CT molecular complexity index is 390. The lowest BCUT2D eigenvalue weighted by atomic mass is 10.0. The lowest BCUT2D eigenvalue weighted by molar-refractivity contribution is 0.875. The summed E-state index contributed by atoms with van der Waals surface area (Å²) >= 11 is 0. The van der Waals surface area contributed by atoms with Crippen LogP contribution in [-0.4, -0.2) is 4.98 Å². The van der Waals surface area contributed by atoms with Gasteiger partial charge in [0.25, 0.3) is 0 Å². The maximum Gasteiger partial charge on any atom is 0.0456 e. The topological polar surface area (TPSA) is 15.8 Å². The van der Waals surface area contributed by atoms with Gasteiger partial charge in [-0.3, -0.25) is 0 Å². The minimum atomic E-state index is 0. The van der Waals surface area contributed by atoms with E-state index < -0.39 is 0 Å². The summed E-state index contributed by atoms with van der Waals surface area (Å²) in [5, 5.41) is 1.35. The maximum absolute atomic E-state index is 3.27. The second-order valence-electron chi connectivity index (χ2n) is 3.44. The van der Waals surface area contributed by atoms with Crippen LogP contribution in [0.4, 0.5) is 0 Å². The molecule has 1 heterocycles. The van der Waals surface area contributed by atoms with Gasteiger partial charge in [-0.2, -0.15) is 0 Å². The molecule has 1 nitrogen and oxygen atoms in total. The molecule has 2 aromatic rings. The number of rotatable bonds is 1. The van der Waals surface area contributed by atoms with E-state index in [0.717, 1.165) is 0 Å². The van der Waals surface area contributed by atoms with Crippen LogP contribution in [0.15, 0.2) is 30.5 Å². The third kappa shape index (κ3) is 1.02. The Hall–Kier alpha value is -1.24. The van der Waals surface area contributed by atoms with Crippen LogP contribution in [0, 0.1) is 0 Å². The van der Waals surface area contributed by atoms with Crippen molar-refractivity contribution in [2.75, 3.05) is 0 Å². The Balaban J connectivity index is 0.000000845. The first-order valence-electron chi connectivity index (χ1n) is 4.35. The van der Waals surface area contributed by atoms with E-state index in [-0.39, 0.29) is 1.43 Å². The second-order valence-corrected chi connectivity index (χ2v) is 3.44. The number of aromatic nitrogens is 1. The highest BCUT2D eigenvalue weighted by molar-refractivity contribution is 5.83. The van der Waals surface area contributed by atoms with E-state index in [1.165, 1.54) is 16.5 Å². The Labute approximate surface area is 73.9 Å². The van der Waals surface area contributed by atoms with Crippen molar-refractivity contribution < 1.29 is 1.43 Å². The summed E-state index contributed by atoms with van der Waals surface area (Å²) in [6.07, 6.45) is 2.11. The smallest absolute Gasteiger partial charge is 0.0456 e. The molecular weight excluding hydrogens is 146 g/mol. The number of benzene rings is 1. The molecule has 1 heteroatoms. The average molecular weight is 161 g/mol. The van der Waals surface area contributed by atoms with Gasteiger partial charge in [-0.15, -0.1) is 0 Å². The summed E-state index contributed by atoms with van der Waals surface area (Å²) in [5.74, 6) is 0.598. The Morgan fingerprint density at radius 3 is 2.75 bits per heavy atom. The lowest BCUT2D eigenvalue weighted by Gasteiger charge is -2.00. The largest absolute Gasteiger partial charge is 0.361 e. The third-order valence-corrected chi connectivity index (χ3v) is 2.24. The molecule has 0 saturated carbocycles. The molecule has 0 atom stereocenters. The minimum Gasteiger partial charge on any atom is -0.361 e. The highest BCUT2D eigenvalue weighted by Crippen LogP contribution is 2.24. The highest BCUT2D eigenvalue weighted by atomic mass is 14.7. The van der Waals surface area contributed by atoms with E-state index in [2.05, 4.69) is 49.3 Å². The maximum atomic E-state index is 3.27. The van der Waals surface area contributed by atoms with Crippen LogP contribution in [-0.2, 0) is 0 Å². The van der Waals surface area contributed by atoms with Crippen molar-refractivity contribution in [2.24, 2.45) is 0 Å². The zero-order chi connectivity index (χ0) is 8.55. The first-order valence-corrected chi connectivity index (χ1v) is 4.35. The molecule has 0 fully saturated rings. The second kappa shape index (κ2) is 2.67. The molecule has 12 heavy (non-hydrogen) atoms. The molecule has 0 saturated heterocycles. The van der Waals surface area contributed by atoms with Crippen LogP contribution in [0.3, 0.4) is 0 Å². The van der Waals surface area contributed by atoms with E-state index in [9.17, 15) is 0 Å². The molecule has 2 rings (SSSR count). The predicted molar refractivity (Wildman–Crippen MR) is 54.5 cm³/mol. The van der Waals surface area contributed by atoms with Crippen LogP contribution in [0.1, 0.15) is 26.8 Å². The van der Waals surface area contributed by atoms with Crippen molar-refractivity contribution in [3.8, 4) is 0 Å². The van der Waals surface area contributed by atoms with E-state index in [4.69, 9.17) is 0 Å². The van der Waals surface area contributed by atoms with Crippen molar-refractivity contribution in [3.05, 3.63) is 36.0 Å². The van der Waals surface area contributed by atoms with Gasteiger partial charge in [0.05, 0.1) is 0 Å². The lowest BCUT2D eigenvalue weighted by Crippen LogP contribution is -1.82. The van der Waals surface area contributed by atoms with Crippen LogP contribution in [0.5, 0.6) is 0 Å². The molecule has 1 aromatic heterocycles. The fourth-order valence-corrected chi connectivity index (χ4v) is 1.57. The molecule has 0 amide bonds. The van der Waals surface area contributed by atoms with Gasteiger partial charge in [-0.05, 0) is 17.5 Å². The molecule has 0 unspecified atom stereocenters. The van der Waals surface area contributed by atoms with Crippen LogP contribution >= 0.6 is 0 Å². The molecular formula is C11H15N. The Morgan fingerprint density at radius 1 is 1.25 bits per heavy atom. The van der Waals surface area contributed by atoms with Gasteiger partial charge in [0.15, 0.2) is 0 Å². The predicted octanol–water partition coefficient (Wildman–Crippen LogP) is 3.54. The summed E-state index contributed by atoms with van der Waals surface area (Å²) < 4.78 is 0. The van der Waals surface area contributed by atoms with Crippen molar-refractivity contribution >= 4 is 10.9 Å². The van der Waals surface area contributed by atoms with E-state index in [1.54, 1.807) is 0 Å². The molecule has 0 spiro atoms. The van der Waals surface area contributed by atoms with Crippen LogP contribution in [0.25, 0.3) is 10.9 Å². The van der Waals surface area contributed by atoms with Gasteiger partial charge in [0.1, 0.15) is 0 Å². The zero-order valence-corrected chi connectivity index (χ0v) is 7.46. The van der Waals surface area contributed by atoms with Gasteiger partial charge in [-0.1, -0.05) is 32.0 Å². The number of nitrogens with one attached hydrogen (secondary N) is 1. The number of H-pyrrole nitrogens is 1. The summed E-state index contributed by atoms with van der Waals surface area (Å²) in [7, 11) is 0. The first-order chi connectivity index (χ1) is 5.79. The summed E-state index contributed by atoms with van der Waals surface area (Å²) in [5.41, 5.74) is 2.65. The fraction of sp³-hybridized carbons (Fsp3) is 0.273.